The van der Waals surface area contributed by atoms with Crippen LogP contribution in [-0.2, 0) is 9.63 Å². The number of carbonyl (C=O) groups is 1. The number of hydrogen-bond donors (Lipinski definition) is 0. The van der Waals surface area contributed by atoms with Gasteiger partial charge in [0.1, 0.15) is 0 Å². The summed E-state index contributed by atoms with van der Waals surface area (Å²) in [6.45, 7) is 1.42. The Morgan fingerprint density at radius 1 is 0.886 bits per heavy atom. The predicted octanol–water partition coefficient (Wildman–Crippen LogP) is 5.91. The number of hydroxylamine groups is 1. The summed E-state index contributed by atoms with van der Waals surface area (Å²) in [5.41, 5.74) is 2.59. The average molecular weight is 492 g/mol. The summed E-state index contributed by atoms with van der Waals surface area (Å²) in [5.74, 6) is -0.433. The van der Waals surface area contributed by atoms with E-state index in [1.807, 2.05) is 64.6 Å². The van der Waals surface area contributed by atoms with Gasteiger partial charge in [0.2, 0.25) is 0 Å². The van der Waals surface area contributed by atoms with Crippen molar-refractivity contribution in [3.05, 3.63) is 105 Å². The lowest BCUT2D eigenvalue weighted by atomic mass is 9.83. The zero-order valence-electron chi connectivity index (χ0n) is 19.1. The molecule has 0 radical (unpaired) electrons. The van der Waals surface area contributed by atoms with Crippen molar-refractivity contribution in [2.24, 2.45) is 0 Å². The molecule has 2 aliphatic rings. The largest absolute Gasteiger partial charge is 0.340 e. The van der Waals surface area contributed by atoms with Crippen LogP contribution in [-0.4, -0.2) is 34.9 Å². The Hall–Kier alpha value is -3.42. The number of rotatable bonds is 5. The van der Waals surface area contributed by atoms with Crippen molar-refractivity contribution < 1.29 is 14.6 Å². The smallest absolute Gasteiger partial charge is 0.269 e. The van der Waals surface area contributed by atoms with Crippen LogP contribution in [0.15, 0.2) is 78.9 Å². The second-order valence-electron chi connectivity index (χ2n) is 8.94. The molecular weight excluding hydrogens is 466 g/mol. The van der Waals surface area contributed by atoms with E-state index in [9.17, 15) is 14.9 Å². The van der Waals surface area contributed by atoms with Crippen LogP contribution >= 0.6 is 11.6 Å². The summed E-state index contributed by atoms with van der Waals surface area (Å²) in [7, 11) is 0. The maximum atomic E-state index is 13.8. The van der Waals surface area contributed by atoms with Gasteiger partial charge in [-0.05, 0) is 54.7 Å². The number of para-hydroxylation sites is 1. The van der Waals surface area contributed by atoms with E-state index < -0.39 is 11.0 Å². The first-order chi connectivity index (χ1) is 17.0. The Morgan fingerprint density at radius 2 is 1.51 bits per heavy atom. The van der Waals surface area contributed by atoms with Crippen molar-refractivity contribution in [1.82, 2.24) is 4.90 Å². The van der Waals surface area contributed by atoms with Crippen molar-refractivity contribution in [2.75, 3.05) is 18.2 Å². The van der Waals surface area contributed by atoms with E-state index in [4.69, 9.17) is 16.4 Å². The van der Waals surface area contributed by atoms with Crippen molar-refractivity contribution in [2.45, 2.75) is 37.3 Å². The number of anilines is 1. The number of non-ortho nitro benzene ring substituents is 1. The Bertz CT molecular complexity index is 1180. The van der Waals surface area contributed by atoms with Crippen LogP contribution < -0.4 is 5.06 Å². The van der Waals surface area contributed by atoms with E-state index in [-0.39, 0.29) is 23.6 Å². The van der Waals surface area contributed by atoms with Gasteiger partial charge < -0.3 is 4.90 Å². The maximum Gasteiger partial charge on any atom is 0.269 e. The molecule has 5 rings (SSSR count). The summed E-state index contributed by atoms with van der Waals surface area (Å²) in [6.07, 6.45) is 2.30. The fraction of sp³-hybridized carbons (Fsp3) is 0.296. The van der Waals surface area contributed by atoms with Crippen molar-refractivity contribution in [3.63, 3.8) is 0 Å². The predicted molar refractivity (Wildman–Crippen MR) is 134 cm³/mol. The van der Waals surface area contributed by atoms with Gasteiger partial charge in [-0.15, -0.1) is 0 Å². The lowest BCUT2D eigenvalue weighted by Crippen LogP contribution is -2.44. The van der Waals surface area contributed by atoms with Gasteiger partial charge in [-0.1, -0.05) is 54.1 Å². The molecule has 0 N–H and O–H groups in total. The number of nitro benzene ring substituents is 1. The molecule has 2 aliphatic heterocycles. The monoisotopic (exact) mass is 491 g/mol. The van der Waals surface area contributed by atoms with Gasteiger partial charge in [0.05, 0.1) is 16.7 Å². The van der Waals surface area contributed by atoms with Gasteiger partial charge in [0.15, 0.2) is 6.10 Å². The van der Waals surface area contributed by atoms with Gasteiger partial charge in [0.25, 0.3) is 11.6 Å². The number of carbonyl (C=O) groups excluding carboxylic acids is 1. The highest BCUT2D eigenvalue weighted by Crippen LogP contribution is 2.48. The highest BCUT2D eigenvalue weighted by Gasteiger charge is 2.50. The van der Waals surface area contributed by atoms with E-state index in [0.717, 1.165) is 36.1 Å². The van der Waals surface area contributed by atoms with Crippen LogP contribution in [0.1, 0.15) is 42.3 Å². The van der Waals surface area contributed by atoms with E-state index in [2.05, 4.69) is 0 Å². The number of benzene rings is 3. The Morgan fingerprint density at radius 3 is 2.14 bits per heavy atom. The molecule has 0 unspecified atom stereocenters. The van der Waals surface area contributed by atoms with Crippen LogP contribution in [0.5, 0.6) is 0 Å². The minimum atomic E-state index is -0.768. The first-order valence-corrected chi connectivity index (χ1v) is 12.2. The van der Waals surface area contributed by atoms with Gasteiger partial charge in [0, 0.05) is 36.2 Å². The molecule has 2 fully saturated rings. The van der Waals surface area contributed by atoms with Gasteiger partial charge in [-0.2, -0.15) is 0 Å². The van der Waals surface area contributed by atoms with E-state index in [0.29, 0.717) is 18.1 Å². The SMILES string of the molecule is O=C([C@H]1ON(c2ccccc2)[C@@H](c2ccc(Cl)cc2)[C@@H]1c1ccc([N+](=O)[O-])cc1)N1CCCCC1. The molecule has 3 atom stereocenters. The number of halogens is 1. The Kier molecular flexibility index (Phi) is 6.70. The number of nitrogens with zero attached hydrogens (tertiary/aromatic N) is 3. The lowest BCUT2D eigenvalue weighted by molar-refractivity contribution is -0.384. The molecule has 7 nitrogen and oxygen atoms in total. The molecule has 2 heterocycles. The zero-order valence-corrected chi connectivity index (χ0v) is 19.9. The lowest BCUT2D eigenvalue weighted by Gasteiger charge is -2.30. The highest BCUT2D eigenvalue weighted by atomic mass is 35.5. The Labute approximate surface area is 209 Å². The fourth-order valence-electron chi connectivity index (χ4n) is 5.03. The van der Waals surface area contributed by atoms with E-state index >= 15 is 0 Å². The van der Waals surface area contributed by atoms with Crippen LogP contribution in [0.4, 0.5) is 11.4 Å². The van der Waals surface area contributed by atoms with Crippen LogP contribution in [0.25, 0.3) is 0 Å². The number of amides is 1. The second-order valence-corrected chi connectivity index (χ2v) is 9.38. The number of nitro groups is 1. The van der Waals surface area contributed by atoms with Crippen LogP contribution in [0.3, 0.4) is 0 Å². The molecule has 1 amide bonds. The van der Waals surface area contributed by atoms with Crippen molar-refractivity contribution in [3.8, 4) is 0 Å². The van der Waals surface area contributed by atoms with Gasteiger partial charge in [-0.3, -0.25) is 19.7 Å². The molecule has 3 aromatic rings. The highest BCUT2D eigenvalue weighted by molar-refractivity contribution is 6.30. The summed E-state index contributed by atoms with van der Waals surface area (Å²) in [6, 6.07) is 23.3. The molecule has 35 heavy (non-hydrogen) atoms. The molecular formula is C27H26ClN3O4. The average Bonchev–Trinajstić information content (AvgIpc) is 3.30. The number of likely N-dealkylation sites (tertiary alicyclic amines) is 1. The molecule has 0 aliphatic carbocycles. The third kappa shape index (κ3) is 4.74. The quantitative estimate of drug-likeness (QED) is 0.328. The topological polar surface area (TPSA) is 75.9 Å². The summed E-state index contributed by atoms with van der Waals surface area (Å²) < 4.78 is 0. The molecule has 2 saturated heterocycles. The first-order valence-electron chi connectivity index (χ1n) is 11.8. The molecule has 0 aromatic heterocycles. The molecule has 180 valence electrons. The van der Waals surface area contributed by atoms with Crippen LogP contribution in [0, 0.1) is 10.1 Å². The Balaban J connectivity index is 1.62. The van der Waals surface area contributed by atoms with Crippen LogP contribution in [0.2, 0.25) is 5.02 Å². The molecule has 0 saturated carbocycles. The second kappa shape index (κ2) is 10.1. The fourth-order valence-corrected chi connectivity index (χ4v) is 5.16. The third-order valence-corrected chi connectivity index (χ3v) is 7.02. The standard InChI is InChI=1S/C27H26ClN3O4/c28-21-13-9-20(10-14-21)25-24(19-11-15-23(16-12-19)31(33)34)26(27(32)29-17-5-2-6-18-29)35-30(25)22-7-3-1-4-8-22/h1,3-4,7-16,24-26H,2,5-6,17-18H2/t24-,25-,26-/m0/s1. The molecule has 8 heteroatoms. The molecule has 0 spiro atoms. The minimum Gasteiger partial charge on any atom is -0.340 e. The first kappa shape index (κ1) is 23.3. The normalized spacial score (nSPS) is 22.3. The van der Waals surface area contributed by atoms with Crippen molar-refractivity contribution >= 4 is 28.9 Å². The third-order valence-electron chi connectivity index (χ3n) is 6.77. The summed E-state index contributed by atoms with van der Waals surface area (Å²) in [4.78, 5) is 33.0. The maximum absolute atomic E-state index is 13.8. The van der Waals surface area contributed by atoms with Crippen molar-refractivity contribution in [1.29, 1.82) is 0 Å². The molecule has 0 bridgehead atoms. The zero-order chi connectivity index (χ0) is 24.4. The molecule has 3 aromatic carbocycles. The van der Waals surface area contributed by atoms with E-state index in [1.165, 1.54) is 12.1 Å². The van der Waals surface area contributed by atoms with Gasteiger partial charge in [-0.25, -0.2) is 5.06 Å². The summed E-state index contributed by atoms with van der Waals surface area (Å²) >= 11 is 6.18. The number of piperidine rings is 1. The minimum absolute atomic E-state index is 0.00882. The number of hydrogen-bond acceptors (Lipinski definition) is 5. The summed E-state index contributed by atoms with van der Waals surface area (Å²) in [5, 5.41) is 13.7. The van der Waals surface area contributed by atoms with E-state index in [1.54, 1.807) is 12.1 Å². The van der Waals surface area contributed by atoms with Gasteiger partial charge >= 0.3 is 0 Å².